The minimum Gasteiger partial charge on any atom is -0.465 e. The van der Waals surface area contributed by atoms with Crippen LogP contribution in [0.5, 0.6) is 0 Å². The van der Waals surface area contributed by atoms with Gasteiger partial charge >= 0.3 is 5.97 Å². The second kappa shape index (κ2) is 77.0. The number of hydrogen-bond acceptors (Lipinski definition) is 6. The van der Waals surface area contributed by atoms with Crippen molar-refractivity contribution in [1.29, 1.82) is 0 Å². The van der Waals surface area contributed by atoms with E-state index in [0.29, 0.717) is 13.2 Å². The van der Waals surface area contributed by atoms with Gasteiger partial charge in [-0.2, -0.15) is 0 Å². The quantitative estimate of drug-likeness (QED) is 0.0319. The number of hydrogen-bond donors (Lipinski definition) is 3. The van der Waals surface area contributed by atoms with E-state index in [-0.39, 0.29) is 12.6 Å². The minimum absolute atomic E-state index is 0.0835. The fourth-order valence-electron chi connectivity index (χ4n) is 13.2. The van der Waals surface area contributed by atoms with Crippen molar-refractivity contribution in [2.24, 2.45) is 0 Å². The van der Waals surface area contributed by atoms with Gasteiger partial charge in [0.05, 0.1) is 24.4 Å². The molecule has 1 aliphatic heterocycles. The number of carbonyl (C=O) groups excluding carboxylic acids is 1. The molecular formula is C89H163NO5. The number of rotatable bonds is 71. The molecule has 1 fully saturated rings. The number of unbranched alkanes of at least 4 members (excludes halogenated alkanes) is 38. The summed E-state index contributed by atoms with van der Waals surface area (Å²) < 4.78 is 5.57. The van der Waals surface area contributed by atoms with E-state index in [4.69, 9.17) is 4.74 Å². The summed E-state index contributed by atoms with van der Waals surface area (Å²) in [6.07, 6.45) is 110. The molecule has 1 rings (SSSR count). The summed E-state index contributed by atoms with van der Waals surface area (Å²) in [6.45, 7) is 12.2. The Hall–Kier alpha value is -2.77. The number of nitrogens with zero attached hydrogens (tertiary/aromatic N) is 1. The smallest absolute Gasteiger partial charge is 0.320 e. The van der Waals surface area contributed by atoms with E-state index >= 15 is 0 Å². The van der Waals surface area contributed by atoms with Crippen LogP contribution >= 0.6 is 0 Å². The average Bonchev–Trinajstić information content (AvgIpc) is 1.42. The first kappa shape index (κ1) is 92.2. The first-order valence-corrected chi connectivity index (χ1v) is 41.9. The second-order valence-electron chi connectivity index (χ2n) is 29.0. The maximum absolute atomic E-state index is 12.3. The second-order valence-corrected chi connectivity index (χ2v) is 29.0. The molecule has 0 aromatic rings. The zero-order valence-electron chi connectivity index (χ0n) is 64.0. The van der Waals surface area contributed by atoms with Gasteiger partial charge in [-0.1, -0.05) is 311 Å². The first-order chi connectivity index (χ1) is 46.8. The minimum atomic E-state index is -0.567. The fraction of sp³-hybridized carbons (Fsp3) is 0.809. The molecule has 0 atom stereocenters. The van der Waals surface area contributed by atoms with Crippen molar-refractivity contribution in [2.45, 2.75) is 431 Å². The normalized spacial score (nSPS) is 13.8. The number of esters is 1. The lowest BCUT2D eigenvalue weighted by Gasteiger charge is -2.29. The Morgan fingerprint density at radius 1 is 0.305 bits per heavy atom. The third-order valence-corrected chi connectivity index (χ3v) is 19.5. The molecule has 1 saturated heterocycles. The van der Waals surface area contributed by atoms with Gasteiger partial charge in [0.2, 0.25) is 0 Å². The Balaban J connectivity index is 0.00000190. The molecule has 6 nitrogen and oxygen atoms in total. The molecular weight excluding hydrogens is 1160 g/mol. The Kier molecular flexibility index (Phi) is 74.7. The summed E-state index contributed by atoms with van der Waals surface area (Å²) in [4.78, 5) is 14.5. The molecule has 0 aromatic carbocycles. The van der Waals surface area contributed by atoms with Crippen molar-refractivity contribution in [2.75, 3.05) is 32.8 Å². The molecule has 1 heterocycles. The van der Waals surface area contributed by atoms with Gasteiger partial charge in [0.1, 0.15) is 0 Å². The molecule has 6 heteroatoms. The van der Waals surface area contributed by atoms with Crippen molar-refractivity contribution in [1.82, 2.24) is 4.90 Å². The van der Waals surface area contributed by atoms with Gasteiger partial charge in [-0.3, -0.25) is 9.69 Å². The Morgan fingerprint density at radius 2 is 0.537 bits per heavy atom. The number of aliphatic hydroxyl groups is 3. The SMILES string of the molecule is CCCCC/C=C\C/C=C\CCCCCCCCC(O)(CCCCCCCC/C=C\C/C=C\CCCCC)CCCCOC(=O)CN1CCCCC1.CCCCC/C=C\C/C=C\CCCCCCCCC(O)(CCCCO)CCCCCCCC/C=C\C/C=C\CCCCC. The average molecular weight is 1330 g/mol. The highest BCUT2D eigenvalue weighted by atomic mass is 16.5. The van der Waals surface area contributed by atoms with E-state index < -0.39 is 11.2 Å². The van der Waals surface area contributed by atoms with Gasteiger partial charge in [-0.25, -0.2) is 0 Å². The van der Waals surface area contributed by atoms with Crippen LogP contribution in [0.2, 0.25) is 0 Å². The number of likely N-dealkylation sites (tertiary alicyclic amines) is 1. The summed E-state index contributed by atoms with van der Waals surface area (Å²) in [5.41, 5.74) is -1.08. The van der Waals surface area contributed by atoms with Gasteiger partial charge in [-0.05, 0) is 219 Å². The van der Waals surface area contributed by atoms with Crippen LogP contribution < -0.4 is 0 Å². The lowest BCUT2D eigenvalue weighted by Crippen LogP contribution is -2.35. The van der Waals surface area contributed by atoms with Crippen molar-refractivity contribution in [3.8, 4) is 0 Å². The molecule has 554 valence electrons. The summed E-state index contributed by atoms with van der Waals surface area (Å²) in [5, 5.41) is 32.3. The van der Waals surface area contributed by atoms with Crippen LogP contribution in [0.25, 0.3) is 0 Å². The van der Waals surface area contributed by atoms with Crippen LogP contribution in [0.1, 0.15) is 419 Å². The largest absolute Gasteiger partial charge is 0.465 e. The number of ether oxygens (including phenoxy) is 1. The summed E-state index contributed by atoms with van der Waals surface area (Å²) >= 11 is 0. The Labute approximate surface area is 593 Å². The van der Waals surface area contributed by atoms with Gasteiger partial charge < -0.3 is 20.1 Å². The summed E-state index contributed by atoms with van der Waals surface area (Å²) in [7, 11) is 0. The highest BCUT2D eigenvalue weighted by molar-refractivity contribution is 5.71. The lowest BCUT2D eigenvalue weighted by molar-refractivity contribution is -0.145. The molecule has 0 radical (unpaired) electrons. The van der Waals surface area contributed by atoms with E-state index in [9.17, 15) is 20.1 Å². The van der Waals surface area contributed by atoms with Crippen molar-refractivity contribution in [3.05, 3.63) is 97.2 Å². The molecule has 0 unspecified atom stereocenters. The van der Waals surface area contributed by atoms with E-state index in [0.717, 1.165) is 129 Å². The number of aliphatic hydroxyl groups excluding tert-OH is 1. The monoisotopic (exact) mass is 1330 g/mol. The van der Waals surface area contributed by atoms with Gasteiger partial charge in [0.15, 0.2) is 0 Å². The molecule has 1 aliphatic rings. The lowest BCUT2D eigenvalue weighted by atomic mass is 9.85. The fourth-order valence-corrected chi connectivity index (χ4v) is 13.2. The number of allylic oxidation sites excluding steroid dienone is 16. The molecule has 95 heavy (non-hydrogen) atoms. The number of piperidine rings is 1. The highest BCUT2D eigenvalue weighted by Gasteiger charge is 2.26. The van der Waals surface area contributed by atoms with Crippen molar-refractivity contribution >= 4 is 5.97 Å². The predicted octanol–water partition coefficient (Wildman–Crippen LogP) is 27.6. The predicted molar refractivity (Wildman–Crippen MR) is 422 cm³/mol. The molecule has 0 spiro atoms. The van der Waals surface area contributed by atoms with Crippen LogP contribution in [0.15, 0.2) is 97.2 Å². The van der Waals surface area contributed by atoms with Gasteiger partial charge in [0, 0.05) is 6.61 Å². The standard InChI is InChI=1S/C48H87NO3.C41H76O2/c1-3-5-7-9-11-13-15-17-19-21-23-25-27-29-31-34-40-48(51,42-36-39-45-52-47(50)46-49-43-37-33-38-44-49)41-35-32-30-28-26-24-22-20-18-16-14-12-10-8-6-4-2;1-3-5-7-9-11-13-15-17-19-21-23-25-27-29-31-33-37-41(43,39-35-36-40-42)38-34-32-30-28-26-24-22-20-18-16-14-12-10-8-6-4-2/h11-14,17-20,51H,3-10,15-16,21-46H2,1-2H3;11-14,17-20,42-43H,3-10,15-16,21-40H2,1-2H3/b2*13-11-,14-12-,19-17-,20-18-. The van der Waals surface area contributed by atoms with Gasteiger partial charge in [0.25, 0.3) is 0 Å². The molecule has 0 bridgehead atoms. The van der Waals surface area contributed by atoms with Crippen LogP contribution in [-0.4, -0.2) is 70.2 Å². The maximum Gasteiger partial charge on any atom is 0.320 e. The van der Waals surface area contributed by atoms with Gasteiger partial charge in [-0.15, -0.1) is 0 Å². The molecule has 0 aromatic heterocycles. The van der Waals surface area contributed by atoms with Crippen LogP contribution in [-0.2, 0) is 9.53 Å². The first-order valence-electron chi connectivity index (χ1n) is 41.9. The zero-order chi connectivity index (χ0) is 68.8. The molecule has 0 aliphatic carbocycles. The zero-order valence-corrected chi connectivity index (χ0v) is 64.0. The molecule has 0 amide bonds. The number of carbonyl (C=O) groups is 1. The van der Waals surface area contributed by atoms with Crippen LogP contribution in [0, 0.1) is 0 Å². The van der Waals surface area contributed by atoms with E-state index in [1.807, 2.05) is 0 Å². The van der Waals surface area contributed by atoms with E-state index in [2.05, 4.69) is 130 Å². The van der Waals surface area contributed by atoms with Crippen molar-refractivity contribution < 1.29 is 24.9 Å². The summed E-state index contributed by atoms with van der Waals surface area (Å²) in [6, 6.07) is 0. The van der Waals surface area contributed by atoms with Crippen molar-refractivity contribution in [3.63, 3.8) is 0 Å². The van der Waals surface area contributed by atoms with E-state index in [1.54, 1.807) is 0 Å². The third-order valence-electron chi connectivity index (χ3n) is 19.5. The topological polar surface area (TPSA) is 90.2 Å². The van der Waals surface area contributed by atoms with Crippen LogP contribution in [0.3, 0.4) is 0 Å². The molecule has 3 N–H and O–H groups in total. The Morgan fingerprint density at radius 3 is 0.800 bits per heavy atom. The molecule has 0 saturated carbocycles. The summed E-state index contributed by atoms with van der Waals surface area (Å²) in [5.74, 6) is -0.0835. The highest BCUT2D eigenvalue weighted by Crippen LogP contribution is 2.31. The van der Waals surface area contributed by atoms with Crippen LogP contribution in [0.4, 0.5) is 0 Å². The van der Waals surface area contributed by atoms with E-state index in [1.165, 1.54) is 276 Å². The third kappa shape index (κ3) is 72.3. The maximum atomic E-state index is 12.3. The Bertz CT molecular complexity index is 1690.